The van der Waals surface area contributed by atoms with Crippen molar-refractivity contribution in [2.24, 2.45) is 0 Å². The molecule has 0 saturated heterocycles. The van der Waals surface area contributed by atoms with Crippen LogP contribution in [0.25, 0.3) is 0 Å². The zero-order valence-corrected chi connectivity index (χ0v) is 23.3. The van der Waals surface area contributed by atoms with Crippen LogP contribution in [-0.4, -0.2) is 0 Å². The average Bonchev–Trinajstić information content (AvgIpc) is 2.92. The molecule has 0 aliphatic rings. The molecule has 4 aromatic rings. The van der Waals surface area contributed by atoms with E-state index in [0.29, 0.717) is 0 Å². The largest absolute Gasteiger partial charge is 0.399 e. The van der Waals surface area contributed by atoms with E-state index in [1.54, 1.807) is 0 Å². The third kappa shape index (κ3) is 7.99. The fourth-order valence-electron chi connectivity index (χ4n) is 5.39. The van der Waals surface area contributed by atoms with Crippen LogP contribution < -0.4 is 11.5 Å². The van der Waals surface area contributed by atoms with E-state index in [0.717, 1.165) is 49.9 Å². The van der Waals surface area contributed by atoms with Crippen molar-refractivity contribution in [3.8, 4) is 0 Å². The van der Waals surface area contributed by atoms with E-state index in [-0.39, 0.29) is 0 Å². The molecule has 2 heteroatoms. The summed E-state index contributed by atoms with van der Waals surface area (Å²) in [6.07, 6.45) is 11.3. The summed E-state index contributed by atoms with van der Waals surface area (Å²) in [5.41, 5.74) is 24.9. The Morgan fingerprint density at radius 1 is 0.421 bits per heavy atom. The summed E-state index contributed by atoms with van der Waals surface area (Å²) >= 11 is 0. The second-order valence-electron chi connectivity index (χ2n) is 10.7. The van der Waals surface area contributed by atoms with Gasteiger partial charge in [0, 0.05) is 11.4 Å². The minimum Gasteiger partial charge on any atom is -0.399 e. The van der Waals surface area contributed by atoms with Crippen molar-refractivity contribution in [3.63, 3.8) is 0 Å². The maximum absolute atomic E-state index is 5.87. The standard InChI is InChI=1S/C36H44N2/c1-3-7-31-23-27(11-17-33(31)25-29-13-19-35(37)20-14-29)9-5-6-10-28-12-18-34(32(24-28)8-4-2)26-30-15-21-36(38)22-16-30/h11-24H,3-10,25-26,37-38H2,1-2H3. The fraction of sp³-hybridized carbons (Fsp3) is 0.333. The van der Waals surface area contributed by atoms with Gasteiger partial charge in [0.05, 0.1) is 0 Å². The third-order valence-electron chi connectivity index (χ3n) is 7.51. The van der Waals surface area contributed by atoms with Crippen molar-refractivity contribution in [1.29, 1.82) is 0 Å². The molecule has 38 heavy (non-hydrogen) atoms. The summed E-state index contributed by atoms with van der Waals surface area (Å²) in [5.74, 6) is 0. The van der Waals surface area contributed by atoms with Crippen molar-refractivity contribution in [1.82, 2.24) is 0 Å². The molecule has 0 heterocycles. The molecule has 0 saturated carbocycles. The second kappa shape index (κ2) is 13.9. The summed E-state index contributed by atoms with van der Waals surface area (Å²) in [4.78, 5) is 0. The first-order valence-corrected chi connectivity index (χ1v) is 14.4. The molecule has 0 unspecified atom stereocenters. The summed E-state index contributed by atoms with van der Waals surface area (Å²) in [6, 6.07) is 30.9. The Hall–Kier alpha value is -3.52. The molecule has 2 nitrogen and oxygen atoms in total. The number of hydrogen-bond donors (Lipinski definition) is 2. The summed E-state index contributed by atoms with van der Waals surface area (Å²) < 4.78 is 0. The van der Waals surface area contributed by atoms with Crippen molar-refractivity contribution in [2.75, 3.05) is 11.5 Å². The molecule has 4 rings (SSSR count). The maximum atomic E-state index is 5.87. The highest BCUT2D eigenvalue weighted by Gasteiger charge is 2.08. The molecule has 0 aliphatic heterocycles. The second-order valence-corrected chi connectivity index (χ2v) is 10.7. The zero-order chi connectivity index (χ0) is 26.7. The van der Waals surface area contributed by atoms with Crippen LogP contribution in [0.3, 0.4) is 0 Å². The Labute approximate surface area is 230 Å². The van der Waals surface area contributed by atoms with Gasteiger partial charge >= 0.3 is 0 Å². The van der Waals surface area contributed by atoms with Gasteiger partial charge < -0.3 is 11.5 Å². The van der Waals surface area contributed by atoms with E-state index in [4.69, 9.17) is 11.5 Å². The lowest BCUT2D eigenvalue weighted by Crippen LogP contribution is -2.00. The zero-order valence-electron chi connectivity index (χ0n) is 23.3. The minimum atomic E-state index is 0.827. The van der Waals surface area contributed by atoms with Crippen molar-refractivity contribution < 1.29 is 0 Å². The molecule has 0 radical (unpaired) electrons. The number of nitrogen functional groups attached to an aromatic ring is 2. The van der Waals surface area contributed by atoms with E-state index in [1.807, 2.05) is 24.3 Å². The molecule has 0 amide bonds. The molecule has 0 fully saturated rings. The van der Waals surface area contributed by atoms with Gasteiger partial charge in [-0.2, -0.15) is 0 Å². The van der Waals surface area contributed by atoms with E-state index < -0.39 is 0 Å². The Bertz CT molecular complexity index is 1180. The predicted octanol–water partition coefficient (Wildman–Crippen LogP) is 8.50. The molecular weight excluding hydrogens is 460 g/mol. The summed E-state index contributed by atoms with van der Waals surface area (Å²) in [6.45, 7) is 4.54. The molecular formula is C36H44N2. The van der Waals surface area contributed by atoms with Crippen LogP contribution in [0.4, 0.5) is 11.4 Å². The van der Waals surface area contributed by atoms with E-state index in [9.17, 15) is 0 Å². The number of benzene rings is 4. The quantitative estimate of drug-likeness (QED) is 0.142. The van der Waals surface area contributed by atoms with E-state index in [1.165, 1.54) is 70.2 Å². The molecule has 0 atom stereocenters. The van der Waals surface area contributed by atoms with Crippen LogP contribution in [-0.2, 0) is 38.5 Å². The van der Waals surface area contributed by atoms with Crippen molar-refractivity contribution in [2.45, 2.75) is 78.1 Å². The molecule has 198 valence electrons. The number of aryl methyl sites for hydroxylation is 4. The van der Waals surface area contributed by atoms with Gasteiger partial charge in [0.2, 0.25) is 0 Å². The molecule has 4 N–H and O–H groups in total. The predicted molar refractivity (Wildman–Crippen MR) is 165 cm³/mol. The number of rotatable bonds is 13. The third-order valence-corrected chi connectivity index (χ3v) is 7.51. The Balaban J connectivity index is 1.33. The summed E-state index contributed by atoms with van der Waals surface area (Å²) in [7, 11) is 0. The molecule has 0 aliphatic carbocycles. The van der Waals surface area contributed by atoms with Crippen LogP contribution in [0, 0.1) is 0 Å². The number of hydrogen-bond acceptors (Lipinski definition) is 2. The van der Waals surface area contributed by atoms with Gasteiger partial charge in [0.25, 0.3) is 0 Å². The lowest BCUT2D eigenvalue weighted by atomic mass is 9.92. The van der Waals surface area contributed by atoms with Gasteiger partial charge in [-0.15, -0.1) is 0 Å². The van der Waals surface area contributed by atoms with Gasteiger partial charge in [-0.05, 0) is 120 Å². The first-order chi connectivity index (χ1) is 18.5. The van der Waals surface area contributed by atoms with Crippen LogP contribution in [0.15, 0.2) is 84.9 Å². The highest BCUT2D eigenvalue weighted by molar-refractivity contribution is 5.43. The average molecular weight is 505 g/mol. The number of anilines is 2. The smallest absolute Gasteiger partial charge is 0.0314 e. The Morgan fingerprint density at radius 3 is 1.16 bits per heavy atom. The highest BCUT2D eigenvalue weighted by atomic mass is 14.5. The van der Waals surface area contributed by atoms with Gasteiger partial charge in [-0.1, -0.05) is 87.4 Å². The van der Waals surface area contributed by atoms with Crippen LogP contribution in [0.2, 0.25) is 0 Å². The topological polar surface area (TPSA) is 52.0 Å². The van der Waals surface area contributed by atoms with Gasteiger partial charge in [-0.25, -0.2) is 0 Å². The Kier molecular flexibility index (Phi) is 10.0. The van der Waals surface area contributed by atoms with E-state index in [2.05, 4.69) is 74.5 Å². The molecule has 0 spiro atoms. The number of unbranched alkanes of at least 4 members (excludes halogenated alkanes) is 1. The van der Waals surface area contributed by atoms with Crippen LogP contribution in [0.5, 0.6) is 0 Å². The van der Waals surface area contributed by atoms with Crippen molar-refractivity contribution >= 4 is 11.4 Å². The number of nitrogens with two attached hydrogens (primary N) is 2. The normalized spacial score (nSPS) is 11.1. The molecule has 4 aromatic carbocycles. The van der Waals surface area contributed by atoms with Crippen LogP contribution >= 0.6 is 0 Å². The highest BCUT2D eigenvalue weighted by Crippen LogP contribution is 2.22. The summed E-state index contributed by atoms with van der Waals surface area (Å²) in [5, 5.41) is 0. The lowest BCUT2D eigenvalue weighted by molar-refractivity contribution is 0.731. The lowest BCUT2D eigenvalue weighted by Gasteiger charge is -2.13. The maximum Gasteiger partial charge on any atom is 0.0314 e. The molecule has 0 aromatic heterocycles. The van der Waals surface area contributed by atoms with Gasteiger partial charge in [0.1, 0.15) is 0 Å². The van der Waals surface area contributed by atoms with Gasteiger partial charge in [-0.3, -0.25) is 0 Å². The first kappa shape index (κ1) is 27.5. The molecule has 0 bridgehead atoms. The van der Waals surface area contributed by atoms with Gasteiger partial charge in [0.15, 0.2) is 0 Å². The Morgan fingerprint density at radius 2 is 0.789 bits per heavy atom. The minimum absolute atomic E-state index is 0.827. The first-order valence-electron chi connectivity index (χ1n) is 14.4. The van der Waals surface area contributed by atoms with E-state index >= 15 is 0 Å². The fourth-order valence-corrected chi connectivity index (χ4v) is 5.39. The van der Waals surface area contributed by atoms with Crippen molar-refractivity contribution in [3.05, 3.63) is 129 Å². The van der Waals surface area contributed by atoms with Crippen LogP contribution in [0.1, 0.15) is 84.0 Å². The monoisotopic (exact) mass is 504 g/mol. The SMILES string of the molecule is CCCc1cc(CCCCc2ccc(Cc3ccc(N)cc3)c(CCC)c2)ccc1Cc1ccc(N)cc1.